The lowest BCUT2D eigenvalue weighted by Crippen LogP contribution is -1.90. The highest BCUT2D eigenvalue weighted by atomic mass is 32.1. The van der Waals surface area contributed by atoms with Crippen molar-refractivity contribution >= 4 is 11.3 Å². The fourth-order valence-corrected chi connectivity index (χ4v) is 2.80. The molecule has 0 aliphatic heterocycles. The molecular weight excluding hydrogens is 288 g/mol. The first-order chi connectivity index (χ1) is 10.1. The van der Waals surface area contributed by atoms with E-state index in [1.807, 2.05) is 25.3 Å². The summed E-state index contributed by atoms with van der Waals surface area (Å²) in [5, 5.41) is 17.1. The zero-order valence-electron chi connectivity index (χ0n) is 11.9. The summed E-state index contributed by atoms with van der Waals surface area (Å²) in [4.78, 5) is 4.44. The number of hydrogen-bond acceptors (Lipinski definition) is 6. The number of hydrogen-bond donors (Lipinski definition) is 1. The van der Waals surface area contributed by atoms with Crippen molar-refractivity contribution in [2.45, 2.75) is 13.8 Å². The molecule has 0 atom stereocenters. The van der Waals surface area contributed by atoms with Gasteiger partial charge in [0.1, 0.15) is 23.5 Å². The second-order valence-electron chi connectivity index (χ2n) is 4.67. The van der Waals surface area contributed by atoms with Crippen molar-refractivity contribution in [2.24, 2.45) is 0 Å². The molecule has 0 fully saturated rings. The van der Waals surface area contributed by atoms with E-state index in [1.165, 1.54) is 0 Å². The standard InChI is InChI=1S/C15H14N2O3S/c1-8-4-10(13(18)5-14(8)19-3)15-11(6-20-17-15)12-7-21-9(2)16-12/h4-7,18H,1-3H3. The van der Waals surface area contributed by atoms with Gasteiger partial charge in [0, 0.05) is 17.0 Å². The highest BCUT2D eigenvalue weighted by molar-refractivity contribution is 7.09. The molecule has 0 amide bonds. The lowest BCUT2D eigenvalue weighted by Gasteiger charge is -2.09. The summed E-state index contributed by atoms with van der Waals surface area (Å²) in [5.74, 6) is 0.727. The topological polar surface area (TPSA) is 68.4 Å². The van der Waals surface area contributed by atoms with Gasteiger partial charge in [0.05, 0.1) is 23.4 Å². The van der Waals surface area contributed by atoms with Crippen LogP contribution >= 0.6 is 11.3 Å². The molecule has 2 heterocycles. The van der Waals surface area contributed by atoms with Crippen LogP contribution < -0.4 is 4.74 Å². The van der Waals surface area contributed by atoms with E-state index in [0.29, 0.717) is 17.0 Å². The highest BCUT2D eigenvalue weighted by Gasteiger charge is 2.19. The van der Waals surface area contributed by atoms with Crippen LogP contribution in [0.5, 0.6) is 11.5 Å². The van der Waals surface area contributed by atoms with Gasteiger partial charge >= 0.3 is 0 Å². The summed E-state index contributed by atoms with van der Waals surface area (Å²) in [5.41, 5.74) is 3.64. The van der Waals surface area contributed by atoms with Crippen LogP contribution in [0.4, 0.5) is 0 Å². The molecule has 0 saturated heterocycles. The largest absolute Gasteiger partial charge is 0.507 e. The zero-order valence-corrected chi connectivity index (χ0v) is 12.7. The summed E-state index contributed by atoms with van der Waals surface area (Å²) in [6, 6.07) is 3.41. The van der Waals surface area contributed by atoms with Crippen molar-refractivity contribution in [1.82, 2.24) is 10.1 Å². The molecule has 0 aliphatic carbocycles. The monoisotopic (exact) mass is 302 g/mol. The van der Waals surface area contributed by atoms with E-state index < -0.39 is 0 Å². The third-order valence-electron chi connectivity index (χ3n) is 3.23. The second kappa shape index (κ2) is 5.21. The van der Waals surface area contributed by atoms with Crippen LogP contribution in [0, 0.1) is 13.8 Å². The summed E-state index contributed by atoms with van der Waals surface area (Å²) in [7, 11) is 1.57. The molecule has 2 aromatic heterocycles. The number of phenols is 1. The number of ether oxygens (including phenoxy) is 1. The molecule has 108 valence electrons. The van der Waals surface area contributed by atoms with Gasteiger partial charge in [-0.3, -0.25) is 0 Å². The number of aryl methyl sites for hydroxylation is 2. The molecule has 3 rings (SSSR count). The summed E-state index contributed by atoms with van der Waals surface area (Å²) >= 11 is 1.56. The molecule has 3 aromatic rings. The lowest BCUT2D eigenvalue weighted by molar-refractivity contribution is 0.404. The summed E-state index contributed by atoms with van der Waals surface area (Å²) in [6.45, 7) is 3.85. The summed E-state index contributed by atoms with van der Waals surface area (Å²) in [6.07, 6.45) is 1.54. The van der Waals surface area contributed by atoms with Crippen molar-refractivity contribution in [3.8, 4) is 34.0 Å². The maximum absolute atomic E-state index is 10.2. The van der Waals surface area contributed by atoms with E-state index in [4.69, 9.17) is 9.26 Å². The van der Waals surface area contributed by atoms with E-state index in [0.717, 1.165) is 21.8 Å². The van der Waals surface area contributed by atoms with Gasteiger partial charge in [-0.05, 0) is 25.5 Å². The van der Waals surface area contributed by atoms with Gasteiger partial charge in [0.25, 0.3) is 0 Å². The van der Waals surface area contributed by atoms with Crippen molar-refractivity contribution in [1.29, 1.82) is 0 Å². The Morgan fingerprint density at radius 1 is 1.24 bits per heavy atom. The quantitative estimate of drug-likeness (QED) is 0.797. The number of methoxy groups -OCH3 is 1. The predicted octanol–water partition coefficient (Wildman–Crippen LogP) is 3.80. The Bertz CT molecular complexity index is 792. The van der Waals surface area contributed by atoms with Crippen molar-refractivity contribution in [3.05, 3.63) is 34.3 Å². The maximum Gasteiger partial charge on any atom is 0.133 e. The van der Waals surface area contributed by atoms with Gasteiger partial charge in [-0.25, -0.2) is 4.98 Å². The molecule has 6 heteroatoms. The molecule has 0 radical (unpaired) electrons. The van der Waals surface area contributed by atoms with Gasteiger partial charge in [-0.1, -0.05) is 5.16 Å². The summed E-state index contributed by atoms with van der Waals surface area (Å²) < 4.78 is 10.3. The van der Waals surface area contributed by atoms with Crippen LogP contribution in [0.15, 0.2) is 28.3 Å². The van der Waals surface area contributed by atoms with E-state index in [1.54, 1.807) is 30.8 Å². The maximum atomic E-state index is 10.2. The Balaban J connectivity index is 2.14. The highest BCUT2D eigenvalue weighted by Crippen LogP contribution is 2.39. The molecule has 0 bridgehead atoms. The fraction of sp³-hybridized carbons (Fsp3) is 0.200. The Kier molecular flexibility index (Phi) is 3.39. The minimum absolute atomic E-state index is 0.0968. The van der Waals surface area contributed by atoms with Crippen molar-refractivity contribution < 1.29 is 14.4 Å². The van der Waals surface area contributed by atoms with E-state index in [2.05, 4.69) is 10.1 Å². The lowest BCUT2D eigenvalue weighted by atomic mass is 10.0. The number of aromatic nitrogens is 2. The van der Waals surface area contributed by atoms with Crippen LogP contribution in [0.2, 0.25) is 0 Å². The molecule has 0 aliphatic rings. The van der Waals surface area contributed by atoms with Gasteiger partial charge in [0.2, 0.25) is 0 Å². The van der Waals surface area contributed by atoms with E-state index in [9.17, 15) is 5.11 Å². The molecule has 1 aromatic carbocycles. The second-order valence-corrected chi connectivity index (χ2v) is 5.73. The average Bonchev–Trinajstić information content (AvgIpc) is 3.09. The zero-order chi connectivity index (χ0) is 15.0. The van der Waals surface area contributed by atoms with Crippen molar-refractivity contribution in [2.75, 3.05) is 7.11 Å². The number of benzene rings is 1. The molecule has 0 spiro atoms. The Morgan fingerprint density at radius 2 is 2.05 bits per heavy atom. The number of phenolic OH excluding ortho intramolecular Hbond substituents is 1. The molecular formula is C15H14N2O3S. The van der Waals surface area contributed by atoms with Crippen LogP contribution in [-0.2, 0) is 0 Å². The van der Waals surface area contributed by atoms with E-state index >= 15 is 0 Å². The van der Waals surface area contributed by atoms with Crippen molar-refractivity contribution in [3.63, 3.8) is 0 Å². The molecule has 5 nitrogen and oxygen atoms in total. The molecule has 0 unspecified atom stereocenters. The molecule has 1 N–H and O–H groups in total. The van der Waals surface area contributed by atoms with Crippen LogP contribution in [0.3, 0.4) is 0 Å². The van der Waals surface area contributed by atoms with Gasteiger partial charge in [-0.15, -0.1) is 11.3 Å². The average molecular weight is 302 g/mol. The smallest absolute Gasteiger partial charge is 0.133 e. The third kappa shape index (κ3) is 2.38. The minimum Gasteiger partial charge on any atom is -0.507 e. The first kappa shape index (κ1) is 13.6. The van der Waals surface area contributed by atoms with Gasteiger partial charge < -0.3 is 14.4 Å². The minimum atomic E-state index is 0.0968. The Hall–Kier alpha value is -2.34. The SMILES string of the molecule is COc1cc(O)c(-c2nocc2-c2csc(C)n2)cc1C. The molecule has 21 heavy (non-hydrogen) atoms. The van der Waals surface area contributed by atoms with Crippen LogP contribution in [0.1, 0.15) is 10.6 Å². The Morgan fingerprint density at radius 3 is 2.71 bits per heavy atom. The number of aromatic hydroxyl groups is 1. The normalized spacial score (nSPS) is 10.8. The third-order valence-corrected chi connectivity index (χ3v) is 4.01. The number of thiazole rings is 1. The van der Waals surface area contributed by atoms with Gasteiger partial charge in [0.15, 0.2) is 0 Å². The number of rotatable bonds is 3. The molecule has 0 saturated carbocycles. The number of nitrogens with zero attached hydrogens (tertiary/aromatic N) is 2. The van der Waals surface area contributed by atoms with Gasteiger partial charge in [-0.2, -0.15) is 0 Å². The first-order valence-corrected chi connectivity index (χ1v) is 7.23. The van der Waals surface area contributed by atoms with E-state index in [-0.39, 0.29) is 5.75 Å². The van der Waals surface area contributed by atoms with Crippen LogP contribution in [-0.4, -0.2) is 22.4 Å². The predicted molar refractivity (Wildman–Crippen MR) is 80.7 cm³/mol. The van der Waals surface area contributed by atoms with Crippen LogP contribution in [0.25, 0.3) is 22.5 Å². The first-order valence-electron chi connectivity index (χ1n) is 6.35. The Labute approximate surface area is 125 Å². The fourth-order valence-electron chi connectivity index (χ4n) is 2.19.